The molecule has 0 radical (unpaired) electrons. The summed E-state index contributed by atoms with van der Waals surface area (Å²) in [6.45, 7) is 3.30. The van der Waals surface area contributed by atoms with Crippen molar-refractivity contribution in [2.24, 2.45) is 0 Å². The van der Waals surface area contributed by atoms with Crippen LogP contribution in [0.3, 0.4) is 0 Å². The van der Waals surface area contributed by atoms with Gasteiger partial charge in [-0.05, 0) is 12.8 Å². The summed E-state index contributed by atoms with van der Waals surface area (Å²) in [4.78, 5) is 16.0. The monoisotopic (exact) mass is 233 g/mol. The van der Waals surface area contributed by atoms with Crippen LogP contribution in [0, 0.1) is 0 Å². The summed E-state index contributed by atoms with van der Waals surface area (Å²) in [5, 5.41) is 10.6. The third-order valence-corrected chi connectivity index (χ3v) is 2.27. The largest absolute Gasteiger partial charge is 0.393 e. The molecule has 1 unspecified atom stereocenters. The molecule has 0 bridgehead atoms. The van der Waals surface area contributed by atoms with Crippen molar-refractivity contribution in [3.63, 3.8) is 0 Å². The minimum atomic E-state index is -0.660. The molecule has 16 heavy (non-hydrogen) atoms. The SMILES string of the molecule is CCCCOCCC(O)CC(=O)N(C)OC. The van der Waals surface area contributed by atoms with Crippen molar-refractivity contribution in [3.8, 4) is 0 Å². The Balaban J connectivity index is 3.50. The van der Waals surface area contributed by atoms with Crippen LogP contribution < -0.4 is 0 Å². The predicted molar refractivity (Wildman–Crippen MR) is 60.7 cm³/mol. The summed E-state index contributed by atoms with van der Waals surface area (Å²) < 4.78 is 5.30. The number of hydrogen-bond acceptors (Lipinski definition) is 4. The molecule has 0 saturated heterocycles. The highest BCUT2D eigenvalue weighted by atomic mass is 16.7. The highest BCUT2D eigenvalue weighted by Crippen LogP contribution is 2.02. The minimum absolute atomic E-state index is 0.0709. The van der Waals surface area contributed by atoms with Crippen LogP contribution in [-0.4, -0.2) is 49.6 Å². The molecule has 5 nitrogen and oxygen atoms in total. The summed E-state index contributed by atoms with van der Waals surface area (Å²) >= 11 is 0. The first-order valence-corrected chi connectivity index (χ1v) is 5.68. The predicted octanol–water partition coefficient (Wildman–Crippen LogP) is 0.964. The van der Waals surface area contributed by atoms with E-state index in [4.69, 9.17) is 9.57 Å². The van der Waals surface area contributed by atoms with Crippen LogP contribution in [0.15, 0.2) is 0 Å². The number of ether oxygens (including phenoxy) is 1. The summed E-state index contributed by atoms with van der Waals surface area (Å²) in [6.07, 6.45) is 2.02. The molecule has 0 aromatic carbocycles. The topological polar surface area (TPSA) is 59.0 Å². The third kappa shape index (κ3) is 7.62. The summed E-state index contributed by atoms with van der Waals surface area (Å²) in [7, 11) is 2.94. The fourth-order valence-corrected chi connectivity index (χ4v) is 1.10. The Labute approximate surface area is 97.3 Å². The number of hydrogen-bond donors (Lipinski definition) is 1. The minimum Gasteiger partial charge on any atom is -0.393 e. The van der Waals surface area contributed by atoms with Gasteiger partial charge in [0.25, 0.3) is 0 Å². The van der Waals surface area contributed by atoms with Gasteiger partial charge in [-0.25, -0.2) is 5.06 Å². The Morgan fingerprint density at radius 1 is 1.44 bits per heavy atom. The van der Waals surface area contributed by atoms with Gasteiger partial charge in [-0.2, -0.15) is 0 Å². The number of aliphatic hydroxyl groups excluding tert-OH is 1. The molecule has 0 fully saturated rings. The quantitative estimate of drug-likeness (QED) is 0.476. The van der Waals surface area contributed by atoms with E-state index in [0.717, 1.165) is 24.5 Å². The summed E-state index contributed by atoms with van der Waals surface area (Å²) in [5.74, 6) is -0.233. The second-order valence-corrected chi connectivity index (χ2v) is 3.69. The molecule has 0 aromatic rings. The fourth-order valence-electron chi connectivity index (χ4n) is 1.10. The molecule has 0 aliphatic heterocycles. The first-order valence-electron chi connectivity index (χ1n) is 5.68. The van der Waals surface area contributed by atoms with Crippen LogP contribution in [0.4, 0.5) is 0 Å². The molecule has 0 aromatic heterocycles. The smallest absolute Gasteiger partial charge is 0.248 e. The van der Waals surface area contributed by atoms with Crippen LogP contribution in [0.2, 0.25) is 0 Å². The molecule has 0 heterocycles. The number of unbranched alkanes of at least 4 members (excludes halogenated alkanes) is 1. The Morgan fingerprint density at radius 3 is 2.69 bits per heavy atom. The number of aliphatic hydroxyl groups is 1. The number of rotatable bonds is 9. The number of hydroxylamine groups is 2. The normalized spacial score (nSPS) is 12.5. The van der Waals surface area contributed by atoms with Crippen molar-refractivity contribution in [2.45, 2.75) is 38.7 Å². The van der Waals surface area contributed by atoms with E-state index in [-0.39, 0.29) is 12.3 Å². The van der Waals surface area contributed by atoms with Gasteiger partial charge in [-0.15, -0.1) is 0 Å². The van der Waals surface area contributed by atoms with Gasteiger partial charge in [0.2, 0.25) is 5.91 Å². The molecule has 96 valence electrons. The second kappa shape index (κ2) is 9.57. The number of carbonyl (C=O) groups excluding carboxylic acids is 1. The van der Waals surface area contributed by atoms with Crippen LogP contribution >= 0.6 is 0 Å². The van der Waals surface area contributed by atoms with Gasteiger partial charge in [-0.1, -0.05) is 13.3 Å². The van der Waals surface area contributed by atoms with Gasteiger partial charge >= 0.3 is 0 Å². The molecular weight excluding hydrogens is 210 g/mol. The van der Waals surface area contributed by atoms with E-state index in [1.165, 1.54) is 14.2 Å². The van der Waals surface area contributed by atoms with E-state index >= 15 is 0 Å². The first-order chi connectivity index (χ1) is 7.61. The van der Waals surface area contributed by atoms with E-state index < -0.39 is 6.10 Å². The van der Waals surface area contributed by atoms with Crippen molar-refractivity contribution < 1.29 is 19.5 Å². The van der Waals surface area contributed by atoms with Crippen molar-refractivity contribution in [1.82, 2.24) is 5.06 Å². The molecular formula is C11H23NO4. The number of carbonyl (C=O) groups is 1. The maximum atomic E-state index is 11.3. The lowest BCUT2D eigenvalue weighted by atomic mass is 10.2. The molecule has 5 heteroatoms. The van der Waals surface area contributed by atoms with Crippen LogP contribution in [0.25, 0.3) is 0 Å². The maximum Gasteiger partial charge on any atom is 0.248 e. The number of nitrogens with zero attached hydrogens (tertiary/aromatic N) is 1. The van der Waals surface area contributed by atoms with Gasteiger partial charge < -0.3 is 9.84 Å². The number of amides is 1. The molecule has 1 N–H and O–H groups in total. The van der Waals surface area contributed by atoms with E-state index in [0.29, 0.717) is 13.0 Å². The van der Waals surface area contributed by atoms with Crippen LogP contribution in [-0.2, 0) is 14.4 Å². The summed E-state index contributed by atoms with van der Waals surface area (Å²) in [6, 6.07) is 0. The van der Waals surface area contributed by atoms with Crippen molar-refractivity contribution >= 4 is 5.91 Å². The second-order valence-electron chi connectivity index (χ2n) is 3.69. The van der Waals surface area contributed by atoms with Crippen molar-refractivity contribution in [3.05, 3.63) is 0 Å². The zero-order valence-corrected chi connectivity index (χ0v) is 10.4. The zero-order chi connectivity index (χ0) is 12.4. The van der Waals surface area contributed by atoms with Gasteiger partial charge in [0, 0.05) is 20.3 Å². The van der Waals surface area contributed by atoms with E-state index in [2.05, 4.69) is 6.92 Å². The molecule has 1 amide bonds. The standard InChI is InChI=1S/C11H23NO4/c1-4-5-7-16-8-6-10(13)9-11(14)12(2)15-3/h10,13H,4-9H2,1-3H3. The van der Waals surface area contributed by atoms with E-state index in [1.807, 2.05) is 0 Å². The van der Waals surface area contributed by atoms with Gasteiger partial charge in [-0.3, -0.25) is 9.63 Å². The lowest BCUT2D eigenvalue weighted by Crippen LogP contribution is -2.29. The third-order valence-electron chi connectivity index (χ3n) is 2.27. The van der Waals surface area contributed by atoms with Gasteiger partial charge in [0.05, 0.1) is 19.6 Å². The van der Waals surface area contributed by atoms with Crippen molar-refractivity contribution in [2.75, 3.05) is 27.4 Å². The maximum absolute atomic E-state index is 11.3. The molecule has 0 rings (SSSR count). The van der Waals surface area contributed by atoms with Crippen molar-refractivity contribution in [1.29, 1.82) is 0 Å². The summed E-state index contributed by atoms with van der Waals surface area (Å²) in [5.41, 5.74) is 0. The average Bonchev–Trinajstić information content (AvgIpc) is 2.27. The molecule has 0 aliphatic rings. The Morgan fingerprint density at radius 2 is 2.12 bits per heavy atom. The van der Waals surface area contributed by atoms with Crippen LogP contribution in [0.1, 0.15) is 32.6 Å². The first kappa shape index (κ1) is 15.3. The average molecular weight is 233 g/mol. The lowest BCUT2D eigenvalue weighted by molar-refractivity contribution is -0.170. The van der Waals surface area contributed by atoms with E-state index in [9.17, 15) is 9.90 Å². The van der Waals surface area contributed by atoms with Gasteiger partial charge in [0.15, 0.2) is 0 Å². The molecule has 0 saturated carbocycles. The highest BCUT2D eigenvalue weighted by Gasteiger charge is 2.14. The highest BCUT2D eigenvalue weighted by molar-refractivity contribution is 5.75. The Kier molecular flexibility index (Phi) is 9.18. The molecule has 0 aliphatic carbocycles. The lowest BCUT2D eigenvalue weighted by Gasteiger charge is -2.16. The fraction of sp³-hybridized carbons (Fsp3) is 0.909. The van der Waals surface area contributed by atoms with E-state index in [1.54, 1.807) is 0 Å². The zero-order valence-electron chi connectivity index (χ0n) is 10.4. The molecule has 0 spiro atoms. The van der Waals surface area contributed by atoms with Gasteiger partial charge in [0.1, 0.15) is 0 Å². The Bertz CT molecular complexity index is 187. The Hall–Kier alpha value is -0.650. The molecule has 1 atom stereocenters. The van der Waals surface area contributed by atoms with Crippen LogP contribution in [0.5, 0.6) is 0 Å².